The Labute approximate surface area is 112 Å². The first-order chi connectivity index (χ1) is 8.93. The van der Waals surface area contributed by atoms with Crippen LogP contribution in [-0.2, 0) is 9.59 Å². The van der Waals surface area contributed by atoms with E-state index in [9.17, 15) is 9.59 Å². The van der Waals surface area contributed by atoms with Gasteiger partial charge in [-0.25, -0.2) is 4.79 Å². The number of carboxylic acid groups (broad SMARTS) is 1. The highest BCUT2D eigenvalue weighted by Gasteiger charge is 2.20. The van der Waals surface area contributed by atoms with Gasteiger partial charge in [-0.05, 0) is 24.3 Å². The number of nitrogens with zero attached hydrogens (tertiary/aromatic N) is 1. The summed E-state index contributed by atoms with van der Waals surface area (Å²) in [5.74, 6) is -0.695. The Balaban J connectivity index is 2.72. The maximum atomic E-state index is 11.0. The van der Waals surface area contributed by atoms with Crippen LogP contribution in [-0.4, -0.2) is 43.7 Å². The van der Waals surface area contributed by atoms with E-state index < -0.39 is 12.0 Å². The minimum atomic E-state index is -1.06. The molecule has 0 aromatic heterocycles. The van der Waals surface area contributed by atoms with Crippen LogP contribution in [0.4, 0.5) is 5.69 Å². The van der Waals surface area contributed by atoms with Crippen molar-refractivity contribution < 1.29 is 19.4 Å². The smallest absolute Gasteiger partial charge is 0.328 e. The molecule has 0 spiro atoms. The molecule has 6 heteroatoms. The second-order valence-corrected chi connectivity index (χ2v) is 4.17. The quantitative estimate of drug-likeness (QED) is 0.793. The molecule has 6 nitrogen and oxygen atoms in total. The van der Waals surface area contributed by atoms with Crippen molar-refractivity contribution in [2.45, 2.75) is 13.0 Å². The highest BCUT2D eigenvalue weighted by molar-refractivity contribution is 5.82. The zero-order valence-electron chi connectivity index (χ0n) is 11.2. The molecule has 0 aliphatic carbocycles. The number of methoxy groups -OCH3 is 1. The van der Waals surface area contributed by atoms with Crippen molar-refractivity contribution in [3.63, 3.8) is 0 Å². The Morgan fingerprint density at radius 1 is 1.37 bits per heavy atom. The van der Waals surface area contributed by atoms with E-state index in [0.717, 1.165) is 11.4 Å². The van der Waals surface area contributed by atoms with Crippen molar-refractivity contribution in [1.82, 2.24) is 5.32 Å². The Kier molecular flexibility index (Phi) is 5.17. The van der Waals surface area contributed by atoms with Crippen LogP contribution in [0.15, 0.2) is 24.3 Å². The number of anilines is 1. The van der Waals surface area contributed by atoms with E-state index in [0.29, 0.717) is 0 Å². The van der Waals surface area contributed by atoms with E-state index in [4.69, 9.17) is 9.84 Å². The summed E-state index contributed by atoms with van der Waals surface area (Å²) in [4.78, 5) is 23.7. The molecule has 0 saturated heterocycles. The van der Waals surface area contributed by atoms with Crippen LogP contribution >= 0.6 is 0 Å². The van der Waals surface area contributed by atoms with Gasteiger partial charge >= 0.3 is 5.97 Å². The Bertz CT molecular complexity index is 444. The molecule has 0 fully saturated rings. The Hall–Kier alpha value is -2.24. The average Bonchev–Trinajstić information content (AvgIpc) is 2.37. The first kappa shape index (κ1) is 14.8. The molecule has 0 radical (unpaired) electrons. The van der Waals surface area contributed by atoms with Gasteiger partial charge in [-0.3, -0.25) is 4.79 Å². The number of rotatable bonds is 6. The minimum absolute atomic E-state index is 0.182. The molecule has 1 rings (SSSR count). The lowest BCUT2D eigenvalue weighted by molar-refractivity contribution is -0.141. The maximum Gasteiger partial charge on any atom is 0.328 e. The van der Waals surface area contributed by atoms with E-state index >= 15 is 0 Å². The molecule has 104 valence electrons. The van der Waals surface area contributed by atoms with Crippen LogP contribution in [0.2, 0.25) is 0 Å². The van der Waals surface area contributed by atoms with Gasteiger partial charge in [-0.15, -0.1) is 0 Å². The van der Waals surface area contributed by atoms with Gasteiger partial charge in [-0.2, -0.15) is 0 Å². The lowest BCUT2D eigenvalue weighted by atomic mass is 10.2. The van der Waals surface area contributed by atoms with Crippen molar-refractivity contribution in [3.8, 4) is 5.75 Å². The standard InChI is InChI=1S/C13H18N2O4/c1-9(16)14-12(13(17)18)8-15(2)10-4-6-11(19-3)7-5-10/h4-7,12H,8H2,1-3H3,(H,14,16)(H,17,18). The van der Waals surface area contributed by atoms with Crippen molar-refractivity contribution in [1.29, 1.82) is 0 Å². The van der Waals surface area contributed by atoms with Crippen molar-refractivity contribution in [2.24, 2.45) is 0 Å². The molecular weight excluding hydrogens is 248 g/mol. The van der Waals surface area contributed by atoms with Crippen molar-refractivity contribution in [2.75, 3.05) is 25.6 Å². The minimum Gasteiger partial charge on any atom is -0.497 e. The van der Waals surface area contributed by atoms with Crippen LogP contribution in [0, 0.1) is 0 Å². The SMILES string of the molecule is COc1ccc(N(C)CC(NC(C)=O)C(=O)O)cc1. The molecular formula is C13H18N2O4. The Morgan fingerprint density at radius 2 is 1.95 bits per heavy atom. The number of ether oxygens (including phenoxy) is 1. The van der Waals surface area contributed by atoms with Gasteiger partial charge in [0.15, 0.2) is 0 Å². The number of hydrogen-bond acceptors (Lipinski definition) is 4. The maximum absolute atomic E-state index is 11.0. The summed E-state index contributed by atoms with van der Waals surface area (Å²) in [5, 5.41) is 11.4. The lowest BCUT2D eigenvalue weighted by Crippen LogP contribution is -2.47. The van der Waals surface area contributed by atoms with E-state index in [2.05, 4.69) is 5.32 Å². The van der Waals surface area contributed by atoms with Crippen LogP contribution in [0.1, 0.15) is 6.92 Å². The molecule has 1 atom stereocenters. The fourth-order valence-corrected chi connectivity index (χ4v) is 1.65. The molecule has 1 unspecified atom stereocenters. The second kappa shape index (κ2) is 6.63. The van der Waals surface area contributed by atoms with Gasteiger partial charge in [0.05, 0.1) is 7.11 Å². The number of nitrogens with one attached hydrogen (secondary N) is 1. The number of hydrogen-bond donors (Lipinski definition) is 2. The summed E-state index contributed by atoms with van der Waals surface area (Å²) in [6.45, 7) is 1.48. The van der Waals surface area contributed by atoms with Crippen molar-refractivity contribution in [3.05, 3.63) is 24.3 Å². The zero-order valence-corrected chi connectivity index (χ0v) is 11.2. The third kappa shape index (κ3) is 4.50. The summed E-state index contributed by atoms with van der Waals surface area (Å²) < 4.78 is 5.05. The van der Waals surface area contributed by atoms with Gasteiger partial charge in [0.2, 0.25) is 5.91 Å². The summed E-state index contributed by atoms with van der Waals surface area (Å²) in [7, 11) is 3.34. The predicted octanol–water partition coefficient (Wildman–Crippen LogP) is 0.721. The molecule has 1 aromatic rings. The number of amides is 1. The molecule has 0 bridgehead atoms. The van der Waals surface area contributed by atoms with Crippen LogP contribution in [0.25, 0.3) is 0 Å². The number of likely N-dealkylation sites (N-methyl/N-ethyl adjacent to an activating group) is 1. The normalized spacial score (nSPS) is 11.5. The number of aliphatic carboxylic acids is 1. The largest absolute Gasteiger partial charge is 0.497 e. The Morgan fingerprint density at radius 3 is 2.37 bits per heavy atom. The molecule has 0 aliphatic heterocycles. The third-order valence-corrected chi connectivity index (χ3v) is 2.65. The molecule has 1 aromatic carbocycles. The number of carbonyl (C=O) groups is 2. The van der Waals surface area contributed by atoms with Gasteiger partial charge < -0.3 is 20.1 Å². The van der Waals surface area contributed by atoms with E-state index in [1.807, 2.05) is 12.1 Å². The lowest BCUT2D eigenvalue weighted by Gasteiger charge is -2.23. The van der Waals surface area contributed by atoms with E-state index in [1.54, 1.807) is 31.2 Å². The predicted molar refractivity (Wildman–Crippen MR) is 71.5 cm³/mol. The fourth-order valence-electron chi connectivity index (χ4n) is 1.65. The second-order valence-electron chi connectivity index (χ2n) is 4.17. The van der Waals surface area contributed by atoms with E-state index in [-0.39, 0.29) is 12.5 Å². The molecule has 0 aliphatic rings. The summed E-state index contributed by atoms with van der Waals surface area (Å²) in [5.41, 5.74) is 0.845. The first-order valence-electron chi connectivity index (χ1n) is 5.79. The number of carbonyl (C=O) groups excluding carboxylic acids is 1. The van der Waals surface area contributed by atoms with Crippen molar-refractivity contribution >= 4 is 17.6 Å². The molecule has 0 heterocycles. The highest BCUT2D eigenvalue weighted by Crippen LogP contribution is 2.18. The molecule has 19 heavy (non-hydrogen) atoms. The molecule has 2 N–H and O–H groups in total. The third-order valence-electron chi connectivity index (χ3n) is 2.65. The number of carboxylic acids is 1. The summed E-state index contributed by atoms with van der Waals surface area (Å²) >= 11 is 0. The summed E-state index contributed by atoms with van der Waals surface area (Å²) in [6.07, 6.45) is 0. The van der Waals surface area contributed by atoms with Gasteiger partial charge in [-0.1, -0.05) is 0 Å². The van der Waals surface area contributed by atoms with Gasteiger partial charge in [0.25, 0.3) is 0 Å². The highest BCUT2D eigenvalue weighted by atomic mass is 16.5. The number of benzene rings is 1. The van der Waals surface area contributed by atoms with Crippen LogP contribution in [0.3, 0.4) is 0 Å². The average molecular weight is 266 g/mol. The fraction of sp³-hybridized carbons (Fsp3) is 0.385. The molecule has 0 saturated carbocycles. The van der Waals surface area contributed by atoms with Crippen LogP contribution in [0.5, 0.6) is 5.75 Å². The summed E-state index contributed by atoms with van der Waals surface area (Å²) in [6, 6.07) is 6.29. The zero-order chi connectivity index (χ0) is 14.4. The van der Waals surface area contributed by atoms with Gasteiger partial charge in [0, 0.05) is 26.2 Å². The topological polar surface area (TPSA) is 78.9 Å². The first-order valence-corrected chi connectivity index (χ1v) is 5.79. The van der Waals surface area contributed by atoms with Gasteiger partial charge in [0.1, 0.15) is 11.8 Å². The monoisotopic (exact) mass is 266 g/mol. The molecule has 1 amide bonds. The van der Waals surface area contributed by atoms with Crippen LogP contribution < -0.4 is 15.0 Å². The van der Waals surface area contributed by atoms with E-state index in [1.165, 1.54) is 6.92 Å².